The molecule has 0 atom stereocenters. The summed E-state index contributed by atoms with van der Waals surface area (Å²) in [5, 5.41) is 9.58. The van der Waals surface area contributed by atoms with Gasteiger partial charge in [0.05, 0.1) is 27.8 Å². The summed E-state index contributed by atoms with van der Waals surface area (Å²) in [5.74, 6) is 1.88. The summed E-state index contributed by atoms with van der Waals surface area (Å²) in [6.07, 6.45) is 0. The van der Waals surface area contributed by atoms with Crippen molar-refractivity contribution in [3.05, 3.63) is 224 Å². The van der Waals surface area contributed by atoms with E-state index in [9.17, 15) is 0 Å². The van der Waals surface area contributed by atoms with Gasteiger partial charge in [0.15, 0.2) is 17.5 Å². The Morgan fingerprint density at radius 2 is 0.875 bits per heavy atom. The molecule has 3 aromatic heterocycles. The molecular weight excluding hydrogens is 779 g/mol. The molecule has 0 aliphatic rings. The summed E-state index contributed by atoms with van der Waals surface area (Å²) in [5.41, 5.74) is 11.9. The van der Waals surface area contributed by atoms with Crippen LogP contribution in [0.4, 0.5) is 0 Å². The summed E-state index contributed by atoms with van der Waals surface area (Å²) in [6.45, 7) is 0. The summed E-state index contributed by atoms with van der Waals surface area (Å²) < 4.78 is 4.88. The zero-order chi connectivity index (χ0) is 42.1. The van der Waals surface area contributed by atoms with Crippen molar-refractivity contribution in [3.8, 4) is 56.7 Å². The molecule has 0 amide bonds. The molecule has 0 aliphatic carbocycles. The van der Waals surface area contributed by atoms with Crippen molar-refractivity contribution in [2.24, 2.45) is 0 Å². The van der Waals surface area contributed by atoms with Gasteiger partial charge in [-0.1, -0.05) is 170 Å². The lowest BCUT2D eigenvalue weighted by Gasteiger charge is -2.15. The standard InChI is InChI=1S/C59H37N5/c1-4-17-38(18-5-1)41-22-16-23-42(35-41)58-60-57(40-20-6-2-7-21-40)61-59(62-58)48-32-34-52(46-28-13-12-27-45(46)48)64-51-30-15-14-29-47(51)49-36-50-55(37-54(49)64)63(43-24-8-3-9-25-43)53-33-31-39-19-10-11-26-44(39)56(50)53/h1-37H. The topological polar surface area (TPSA) is 48.5 Å². The Kier molecular flexibility index (Phi) is 8.15. The van der Waals surface area contributed by atoms with Crippen LogP contribution in [0.1, 0.15) is 0 Å². The van der Waals surface area contributed by atoms with E-state index < -0.39 is 0 Å². The lowest BCUT2D eigenvalue weighted by Crippen LogP contribution is -2.02. The number of aromatic nitrogens is 5. The molecule has 0 aliphatic heterocycles. The molecule has 0 saturated carbocycles. The zero-order valence-electron chi connectivity index (χ0n) is 34.6. The van der Waals surface area contributed by atoms with Gasteiger partial charge in [-0.05, 0) is 81.9 Å². The van der Waals surface area contributed by atoms with E-state index in [4.69, 9.17) is 15.0 Å². The maximum absolute atomic E-state index is 5.26. The van der Waals surface area contributed by atoms with Gasteiger partial charge in [-0.2, -0.15) is 0 Å². The third kappa shape index (κ3) is 5.68. The molecule has 0 unspecified atom stereocenters. The van der Waals surface area contributed by atoms with Gasteiger partial charge in [0.25, 0.3) is 0 Å². The average Bonchev–Trinajstić information content (AvgIpc) is 3.88. The Labute approximate surface area is 368 Å². The molecule has 298 valence electrons. The number of benzene rings is 10. The first kappa shape index (κ1) is 36.0. The molecule has 0 spiro atoms. The normalized spacial score (nSPS) is 11.8. The molecule has 0 N–H and O–H groups in total. The molecule has 0 fully saturated rings. The fourth-order valence-corrected chi connectivity index (χ4v) is 9.85. The SMILES string of the molecule is c1ccc(-c2cccc(-c3nc(-c4ccccc4)nc(-c4ccc(-n5c6ccccc6c6cc7c8c9ccccc9ccc8n(-c8ccccc8)c7cc65)c5ccccc45)n3)c2)cc1. The molecule has 0 bridgehead atoms. The van der Waals surface area contributed by atoms with E-state index in [0.717, 1.165) is 66.5 Å². The van der Waals surface area contributed by atoms with Crippen LogP contribution in [-0.4, -0.2) is 24.1 Å². The highest BCUT2D eigenvalue weighted by molar-refractivity contribution is 6.25. The second-order valence-corrected chi connectivity index (χ2v) is 16.4. The van der Waals surface area contributed by atoms with Gasteiger partial charge in [0, 0.05) is 49.3 Å². The van der Waals surface area contributed by atoms with Crippen LogP contribution in [0.3, 0.4) is 0 Å². The van der Waals surface area contributed by atoms with Crippen molar-refractivity contribution in [3.63, 3.8) is 0 Å². The Morgan fingerprint density at radius 1 is 0.281 bits per heavy atom. The van der Waals surface area contributed by atoms with Crippen LogP contribution in [0.25, 0.3) is 122 Å². The van der Waals surface area contributed by atoms with E-state index in [1.807, 2.05) is 24.3 Å². The third-order valence-electron chi connectivity index (χ3n) is 12.7. The van der Waals surface area contributed by atoms with Gasteiger partial charge in [0.1, 0.15) is 0 Å². The first-order valence-electron chi connectivity index (χ1n) is 21.7. The summed E-state index contributed by atoms with van der Waals surface area (Å²) in [6, 6.07) is 79.8. The lowest BCUT2D eigenvalue weighted by atomic mass is 10.0. The van der Waals surface area contributed by atoms with Crippen LogP contribution in [0.15, 0.2) is 224 Å². The summed E-state index contributed by atoms with van der Waals surface area (Å²) >= 11 is 0. The molecule has 13 aromatic rings. The minimum absolute atomic E-state index is 0.625. The van der Waals surface area contributed by atoms with Crippen molar-refractivity contribution in [1.82, 2.24) is 24.1 Å². The van der Waals surface area contributed by atoms with E-state index >= 15 is 0 Å². The van der Waals surface area contributed by atoms with Crippen molar-refractivity contribution in [1.29, 1.82) is 0 Å². The quantitative estimate of drug-likeness (QED) is 0.168. The molecule has 5 heteroatoms. The maximum atomic E-state index is 5.26. The smallest absolute Gasteiger partial charge is 0.164 e. The molecule has 5 nitrogen and oxygen atoms in total. The van der Waals surface area contributed by atoms with E-state index in [0.29, 0.717) is 17.5 Å². The van der Waals surface area contributed by atoms with E-state index in [2.05, 4.69) is 209 Å². The number of rotatable bonds is 6. The second kappa shape index (κ2) is 14.5. The number of fused-ring (bicyclic) bond motifs is 9. The van der Waals surface area contributed by atoms with Gasteiger partial charge < -0.3 is 9.13 Å². The average molecular weight is 816 g/mol. The predicted molar refractivity (Wildman–Crippen MR) is 265 cm³/mol. The van der Waals surface area contributed by atoms with Gasteiger partial charge in [-0.25, -0.2) is 15.0 Å². The molecular formula is C59H37N5. The van der Waals surface area contributed by atoms with Crippen LogP contribution in [0.5, 0.6) is 0 Å². The Bertz CT molecular complexity index is 3940. The minimum Gasteiger partial charge on any atom is -0.309 e. The molecule has 0 radical (unpaired) electrons. The van der Waals surface area contributed by atoms with Crippen LogP contribution >= 0.6 is 0 Å². The maximum Gasteiger partial charge on any atom is 0.164 e. The highest BCUT2D eigenvalue weighted by Gasteiger charge is 2.22. The van der Waals surface area contributed by atoms with Gasteiger partial charge in [-0.3, -0.25) is 0 Å². The number of hydrogen-bond donors (Lipinski definition) is 0. The summed E-state index contributed by atoms with van der Waals surface area (Å²) in [7, 11) is 0. The number of nitrogens with zero attached hydrogens (tertiary/aromatic N) is 5. The molecule has 13 rings (SSSR count). The first-order valence-corrected chi connectivity index (χ1v) is 21.7. The van der Waals surface area contributed by atoms with E-state index in [1.54, 1.807) is 0 Å². The van der Waals surface area contributed by atoms with Gasteiger partial charge in [0.2, 0.25) is 0 Å². The monoisotopic (exact) mass is 815 g/mol. The second-order valence-electron chi connectivity index (χ2n) is 16.4. The predicted octanol–water partition coefficient (Wildman–Crippen LogP) is 15.0. The van der Waals surface area contributed by atoms with Crippen LogP contribution in [0, 0.1) is 0 Å². The Balaban J connectivity index is 1.06. The minimum atomic E-state index is 0.625. The Morgan fingerprint density at radius 3 is 1.67 bits per heavy atom. The first-order chi connectivity index (χ1) is 31.7. The Hall–Kier alpha value is -8.67. The molecule has 3 heterocycles. The van der Waals surface area contributed by atoms with Crippen LogP contribution in [0.2, 0.25) is 0 Å². The molecule has 10 aromatic carbocycles. The third-order valence-corrected chi connectivity index (χ3v) is 12.7. The van der Waals surface area contributed by atoms with E-state index in [1.165, 1.54) is 37.8 Å². The largest absolute Gasteiger partial charge is 0.309 e. The van der Waals surface area contributed by atoms with Crippen molar-refractivity contribution < 1.29 is 0 Å². The van der Waals surface area contributed by atoms with Crippen molar-refractivity contribution in [2.45, 2.75) is 0 Å². The highest BCUT2D eigenvalue weighted by Crippen LogP contribution is 2.43. The molecule has 0 saturated heterocycles. The lowest BCUT2D eigenvalue weighted by molar-refractivity contribution is 1.08. The fraction of sp³-hybridized carbons (Fsp3) is 0. The highest BCUT2D eigenvalue weighted by atomic mass is 15.0. The fourth-order valence-electron chi connectivity index (χ4n) is 9.85. The number of para-hydroxylation sites is 2. The van der Waals surface area contributed by atoms with Gasteiger partial charge in [-0.15, -0.1) is 0 Å². The van der Waals surface area contributed by atoms with Gasteiger partial charge >= 0.3 is 0 Å². The van der Waals surface area contributed by atoms with E-state index in [-0.39, 0.29) is 0 Å². The summed E-state index contributed by atoms with van der Waals surface area (Å²) in [4.78, 5) is 15.6. The number of hydrogen-bond acceptors (Lipinski definition) is 3. The molecule has 64 heavy (non-hydrogen) atoms. The van der Waals surface area contributed by atoms with Crippen molar-refractivity contribution >= 4 is 65.2 Å². The van der Waals surface area contributed by atoms with Crippen LogP contribution in [-0.2, 0) is 0 Å². The van der Waals surface area contributed by atoms with Crippen molar-refractivity contribution in [2.75, 3.05) is 0 Å². The zero-order valence-corrected chi connectivity index (χ0v) is 34.6. The van der Waals surface area contributed by atoms with Crippen LogP contribution < -0.4 is 0 Å².